The largest absolute Gasteiger partial charge is 0.463 e. The van der Waals surface area contributed by atoms with Crippen molar-refractivity contribution in [1.82, 2.24) is 5.32 Å². The smallest absolute Gasteiger partial charge is 0 e. The van der Waals surface area contributed by atoms with Gasteiger partial charge in [-0.05, 0) is 26.3 Å². The second-order valence-electron chi connectivity index (χ2n) is 3.38. The maximum absolute atomic E-state index is 3.30. The maximum Gasteiger partial charge on any atom is 0 e. The Kier molecular flexibility index (Phi) is 6.12. The van der Waals surface area contributed by atoms with E-state index < -0.39 is 0 Å². The molecule has 0 bridgehead atoms. The second-order valence-corrected chi connectivity index (χ2v) is 3.38. The van der Waals surface area contributed by atoms with Gasteiger partial charge in [-0.2, -0.15) is 13.8 Å². The van der Waals surface area contributed by atoms with Crippen molar-refractivity contribution in [2.45, 2.75) is 40.2 Å². The fourth-order valence-electron chi connectivity index (χ4n) is 0.750. The molecule has 0 atom stereocenters. The minimum Gasteiger partial charge on any atom is -0.463 e. The third-order valence-corrected chi connectivity index (χ3v) is 0.625. The van der Waals surface area contributed by atoms with Crippen molar-refractivity contribution in [3.05, 3.63) is 6.04 Å². The molecule has 56 valence electrons. The molecule has 0 aliphatic heterocycles. The van der Waals surface area contributed by atoms with E-state index in [-0.39, 0.29) is 26.6 Å². The third kappa shape index (κ3) is 12.0. The van der Waals surface area contributed by atoms with Crippen LogP contribution in [-0.2, 0) is 21.1 Å². The van der Waals surface area contributed by atoms with Gasteiger partial charge in [0, 0.05) is 21.1 Å². The van der Waals surface area contributed by atoms with E-state index in [1.165, 1.54) is 6.04 Å². The Morgan fingerprint density at radius 3 is 1.44 bits per heavy atom. The molecule has 0 aliphatic rings. The van der Waals surface area contributed by atoms with Crippen LogP contribution < -0.4 is 5.32 Å². The van der Waals surface area contributed by atoms with Crippen LogP contribution in [0.1, 0.15) is 34.6 Å². The van der Waals surface area contributed by atoms with E-state index in [2.05, 4.69) is 39.9 Å². The Hall–Kier alpha value is 0.648. The van der Waals surface area contributed by atoms with Gasteiger partial charge in [0.05, 0.1) is 0 Å². The number of nitrogens with one attached hydrogen (secondary N) is 1. The summed E-state index contributed by atoms with van der Waals surface area (Å²) >= 11 is 0. The first-order chi connectivity index (χ1) is 3.42. The van der Waals surface area contributed by atoms with E-state index >= 15 is 0 Å². The van der Waals surface area contributed by atoms with Crippen molar-refractivity contribution in [3.8, 4) is 0 Å². The summed E-state index contributed by atoms with van der Waals surface area (Å²) in [7, 11) is 0. The molecule has 0 rings (SSSR count). The first-order valence-corrected chi connectivity index (χ1v) is 3.00. The Labute approximate surface area is 72.9 Å². The average molecular weight is 298 g/mol. The zero-order valence-corrected chi connectivity index (χ0v) is 9.84. The molecule has 9 heavy (non-hydrogen) atoms. The van der Waals surface area contributed by atoms with Gasteiger partial charge in [0.15, 0.2) is 0 Å². The van der Waals surface area contributed by atoms with E-state index in [1.807, 2.05) is 0 Å². The summed E-state index contributed by atoms with van der Waals surface area (Å²) in [5, 5.41) is 3.30. The van der Waals surface area contributed by atoms with Gasteiger partial charge in [-0.25, -0.2) is 0 Å². The van der Waals surface area contributed by atoms with Gasteiger partial charge >= 0.3 is 0 Å². The average Bonchev–Trinajstić information content (AvgIpc) is 1.21. The molecule has 2 heteroatoms. The van der Waals surface area contributed by atoms with E-state index in [1.54, 1.807) is 0 Å². The SMILES string of the molecule is C[C-](C)NC(C)(C)C.[W]. The van der Waals surface area contributed by atoms with Crippen LogP contribution in [-0.4, -0.2) is 5.54 Å². The van der Waals surface area contributed by atoms with Gasteiger partial charge in [0.2, 0.25) is 0 Å². The van der Waals surface area contributed by atoms with Gasteiger partial charge < -0.3 is 5.32 Å². The fraction of sp³-hybridized carbons (Fsp3) is 0.857. The quantitative estimate of drug-likeness (QED) is 0.730. The Morgan fingerprint density at radius 2 is 1.44 bits per heavy atom. The normalized spacial score (nSPS) is 11.3. The molecule has 1 nitrogen and oxygen atoms in total. The summed E-state index contributed by atoms with van der Waals surface area (Å²) < 4.78 is 0. The van der Waals surface area contributed by atoms with Crippen LogP contribution in [0.15, 0.2) is 0 Å². The summed E-state index contributed by atoms with van der Waals surface area (Å²) in [6.45, 7) is 10.6. The van der Waals surface area contributed by atoms with Gasteiger partial charge in [0.25, 0.3) is 0 Å². The van der Waals surface area contributed by atoms with Crippen LogP contribution in [0.3, 0.4) is 0 Å². The Bertz CT molecular complexity index is 63.8. The zero-order valence-electron chi connectivity index (χ0n) is 6.91. The van der Waals surface area contributed by atoms with Crippen LogP contribution in [0.5, 0.6) is 0 Å². The number of hydrogen-bond acceptors (Lipinski definition) is 1. The molecule has 0 spiro atoms. The maximum atomic E-state index is 3.30. The molecule has 0 saturated heterocycles. The van der Waals surface area contributed by atoms with Crippen LogP contribution in [0.25, 0.3) is 0 Å². The molecule has 0 aromatic carbocycles. The van der Waals surface area contributed by atoms with Crippen molar-refractivity contribution in [2.75, 3.05) is 0 Å². The van der Waals surface area contributed by atoms with Gasteiger partial charge in [-0.3, -0.25) is 6.04 Å². The molecule has 1 N–H and O–H groups in total. The van der Waals surface area contributed by atoms with Crippen molar-refractivity contribution < 1.29 is 21.1 Å². The Morgan fingerprint density at radius 1 is 1.11 bits per heavy atom. The van der Waals surface area contributed by atoms with Crippen LogP contribution in [0.2, 0.25) is 0 Å². The fourth-order valence-corrected chi connectivity index (χ4v) is 0.750. The summed E-state index contributed by atoms with van der Waals surface area (Å²) in [5.41, 5.74) is 0.235. The van der Waals surface area contributed by atoms with Crippen LogP contribution in [0.4, 0.5) is 0 Å². The molecule has 0 fully saturated rings. The molecule has 0 aliphatic carbocycles. The topological polar surface area (TPSA) is 12.0 Å². The van der Waals surface area contributed by atoms with Crippen LogP contribution >= 0.6 is 0 Å². The monoisotopic (exact) mass is 298 g/mol. The van der Waals surface area contributed by atoms with Gasteiger partial charge in [-0.15, -0.1) is 0 Å². The van der Waals surface area contributed by atoms with E-state index in [0.717, 1.165) is 0 Å². The Balaban J connectivity index is 0. The van der Waals surface area contributed by atoms with E-state index in [0.29, 0.717) is 0 Å². The molecular weight excluding hydrogens is 282 g/mol. The first-order valence-electron chi connectivity index (χ1n) is 3.00. The molecule has 0 aromatic rings. The number of hydrogen-bond donors (Lipinski definition) is 1. The summed E-state index contributed by atoms with van der Waals surface area (Å²) in [5.74, 6) is 0. The van der Waals surface area contributed by atoms with Crippen molar-refractivity contribution in [2.24, 2.45) is 0 Å². The van der Waals surface area contributed by atoms with E-state index in [9.17, 15) is 0 Å². The molecule has 0 aromatic heterocycles. The molecule has 0 saturated carbocycles. The predicted molar refractivity (Wildman–Crippen MR) is 37.5 cm³/mol. The summed E-state index contributed by atoms with van der Waals surface area (Å²) in [4.78, 5) is 0. The van der Waals surface area contributed by atoms with Gasteiger partial charge in [0.1, 0.15) is 0 Å². The van der Waals surface area contributed by atoms with Crippen molar-refractivity contribution in [1.29, 1.82) is 0 Å². The molecule has 0 amide bonds. The van der Waals surface area contributed by atoms with Crippen LogP contribution in [0, 0.1) is 6.04 Å². The standard InChI is InChI=1S/C7H16N.W/c1-6(2)8-7(3,4)5;/h8H,1-5H3;/q-1;. The molecule has 0 heterocycles. The van der Waals surface area contributed by atoms with Gasteiger partial charge in [-0.1, -0.05) is 0 Å². The summed E-state index contributed by atoms with van der Waals surface area (Å²) in [6, 6.07) is 1.28. The molecule has 0 radical (unpaired) electrons. The van der Waals surface area contributed by atoms with Crippen molar-refractivity contribution >= 4 is 0 Å². The minimum atomic E-state index is 0. The second kappa shape index (κ2) is 4.46. The number of rotatable bonds is 1. The zero-order chi connectivity index (χ0) is 6.78. The predicted octanol–water partition coefficient (Wildman–Crippen LogP) is 1.94. The van der Waals surface area contributed by atoms with Crippen molar-refractivity contribution in [3.63, 3.8) is 0 Å². The van der Waals surface area contributed by atoms with E-state index in [4.69, 9.17) is 0 Å². The minimum absolute atomic E-state index is 0. The molecular formula is C7H16NW-. The molecule has 0 unspecified atom stereocenters. The summed E-state index contributed by atoms with van der Waals surface area (Å²) in [6.07, 6.45) is 0. The first kappa shape index (κ1) is 12.3. The third-order valence-electron chi connectivity index (χ3n) is 0.625.